The number of methoxy groups -OCH3 is 1. The van der Waals surface area contributed by atoms with Crippen molar-refractivity contribution in [3.8, 4) is 0 Å². The Balaban J connectivity index is 1.79. The Morgan fingerprint density at radius 1 is 0.750 bits per heavy atom. The summed E-state index contributed by atoms with van der Waals surface area (Å²) in [5.41, 5.74) is 0.863. The summed E-state index contributed by atoms with van der Waals surface area (Å²) in [5.74, 6) is 0. The molecule has 0 aromatic heterocycles. The van der Waals surface area contributed by atoms with Gasteiger partial charge in [0, 0.05) is 20.3 Å². The highest BCUT2D eigenvalue weighted by molar-refractivity contribution is 5.17. The zero-order chi connectivity index (χ0) is 17.3. The Kier molecular flexibility index (Phi) is 13.6. The Morgan fingerprint density at radius 2 is 1.29 bits per heavy atom. The van der Waals surface area contributed by atoms with Gasteiger partial charge >= 0.3 is 0 Å². The molecule has 1 rings (SSSR count). The lowest BCUT2D eigenvalue weighted by molar-refractivity contribution is -0.00475. The summed E-state index contributed by atoms with van der Waals surface area (Å²) in [6.07, 6.45) is 0.246. The van der Waals surface area contributed by atoms with Crippen molar-refractivity contribution in [2.75, 3.05) is 66.6 Å². The molecule has 0 aliphatic carbocycles. The van der Waals surface area contributed by atoms with E-state index in [2.05, 4.69) is 0 Å². The molecular weight excluding hydrogens is 312 g/mol. The van der Waals surface area contributed by atoms with Gasteiger partial charge in [-0.2, -0.15) is 0 Å². The summed E-state index contributed by atoms with van der Waals surface area (Å²) < 4.78 is 26.4. The van der Waals surface area contributed by atoms with E-state index in [-0.39, 0.29) is 6.61 Å². The molecule has 0 amide bonds. The van der Waals surface area contributed by atoms with Crippen molar-refractivity contribution in [1.29, 1.82) is 0 Å². The van der Waals surface area contributed by atoms with Crippen molar-refractivity contribution in [3.63, 3.8) is 0 Å². The van der Waals surface area contributed by atoms with Crippen LogP contribution in [0.5, 0.6) is 0 Å². The first-order valence-electron chi connectivity index (χ1n) is 8.37. The van der Waals surface area contributed by atoms with Crippen LogP contribution in [0, 0.1) is 0 Å². The number of hydrogen-bond donors (Lipinski definition) is 1. The monoisotopic (exact) mass is 342 g/mol. The number of hydrogen-bond acceptors (Lipinski definition) is 6. The van der Waals surface area contributed by atoms with Crippen LogP contribution in [0.4, 0.5) is 0 Å². The molecule has 1 N–H and O–H groups in total. The number of benzene rings is 1. The van der Waals surface area contributed by atoms with Crippen LogP contribution in [0.25, 0.3) is 0 Å². The van der Waals surface area contributed by atoms with Crippen LogP contribution in [0.2, 0.25) is 0 Å². The lowest BCUT2D eigenvalue weighted by Crippen LogP contribution is -2.12. The van der Waals surface area contributed by atoms with Gasteiger partial charge in [0.15, 0.2) is 0 Å². The minimum Gasteiger partial charge on any atom is -0.386 e. The molecule has 0 fully saturated rings. The summed E-state index contributed by atoms with van der Waals surface area (Å²) in [6.45, 7) is 4.93. The molecule has 24 heavy (non-hydrogen) atoms. The molecule has 0 heterocycles. The van der Waals surface area contributed by atoms with Crippen LogP contribution >= 0.6 is 0 Å². The second-order valence-corrected chi connectivity index (χ2v) is 5.18. The predicted octanol–water partition coefficient (Wildman–Crippen LogP) is 1.82. The molecule has 1 aromatic rings. The van der Waals surface area contributed by atoms with E-state index in [4.69, 9.17) is 23.7 Å². The van der Waals surface area contributed by atoms with Crippen LogP contribution < -0.4 is 0 Å². The van der Waals surface area contributed by atoms with Gasteiger partial charge in [0.2, 0.25) is 0 Å². The highest BCUT2D eigenvalue weighted by atomic mass is 16.5. The standard InChI is InChI=1S/C18H30O6/c1-20-10-11-23-13-12-21-8-5-9-22-14-15-24-16-18(19)17-6-3-2-4-7-17/h2-4,6-7,18-19H,5,8-16H2,1H3. The van der Waals surface area contributed by atoms with Crippen molar-refractivity contribution in [1.82, 2.24) is 0 Å². The summed E-state index contributed by atoms with van der Waals surface area (Å²) in [7, 11) is 1.65. The Morgan fingerprint density at radius 3 is 1.92 bits per heavy atom. The van der Waals surface area contributed by atoms with E-state index in [1.165, 1.54) is 0 Å². The molecule has 0 saturated heterocycles. The highest BCUT2D eigenvalue weighted by Crippen LogP contribution is 2.11. The summed E-state index contributed by atoms with van der Waals surface area (Å²) >= 11 is 0. The Hall–Kier alpha value is -1.02. The fraction of sp³-hybridized carbons (Fsp3) is 0.667. The van der Waals surface area contributed by atoms with E-state index in [1.54, 1.807) is 7.11 Å². The van der Waals surface area contributed by atoms with Gasteiger partial charge in [-0.05, 0) is 12.0 Å². The molecule has 1 unspecified atom stereocenters. The molecule has 0 aliphatic rings. The number of aliphatic hydroxyl groups is 1. The van der Waals surface area contributed by atoms with Gasteiger partial charge in [0.1, 0.15) is 6.10 Å². The van der Waals surface area contributed by atoms with E-state index in [0.29, 0.717) is 52.9 Å². The van der Waals surface area contributed by atoms with Crippen molar-refractivity contribution in [3.05, 3.63) is 35.9 Å². The number of rotatable bonds is 16. The lowest BCUT2D eigenvalue weighted by atomic mass is 10.1. The summed E-state index contributed by atoms with van der Waals surface area (Å²) in [6, 6.07) is 9.48. The van der Waals surface area contributed by atoms with E-state index in [1.807, 2.05) is 30.3 Å². The zero-order valence-electron chi connectivity index (χ0n) is 14.5. The molecule has 138 valence electrons. The molecule has 1 atom stereocenters. The minimum absolute atomic E-state index is 0.277. The van der Waals surface area contributed by atoms with Gasteiger partial charge in [-0.3, -0.25) is 0 Å². The van der Waals surface area contributed by atoms with Crippen LogP contribution in [-0.4, -0.2) is 71.7 Å². The quantitative estimate of drug-likeness (QED) is 0.462. The molecule has 0 spiro atoms. The van der Waals surface area contributed by atoms with E-state index in [9.17, 15) is 5.11 Å². The van der Waals surface area contributed by atoms with Gasteiger partial charge in [-0.25, -0.2) is 0 Å². The average Bonchev–Trinajstić information content (AvgIpc) is 2.62. The summed E-state index contributed by atoms with van der Waals surface area (Å²) in [4.78, 5) is 0. The van der Waals surface area contributed by atoms with Gasteiger partial charge in [0.05, 0.1) is 46.2 Å². The average molecular weight is 342 g/mol. The third-order valence-electron chi connectivity index (χ3n) is 3.21. The molecular formula is C18H30O6. The fourth-order valence-electron chi connectivity index (χ4n) is 1.91. The van der Waals surface area contributed by atoms with Crippen molar-refractivity contribution < 1.29 is 28.8 Å². The maximum atomic E-state index is 9.91. The van der Waals surface area contributed by atoms with Gasteiger partial charge in [-0.15, -0.1) is 0 Å². The first kappa shape index (κ1) is 21.0. The Bertz CT molecular complexity index is 373. The molecule has 0 aliphatic heterocycles. The largest absolute Gasteiger partial charge is 0.386 e. The van der Waals surface area contributed by atoms with E-state index >= 15 is 0 Å². The predicted molar refractivity (Wildman–Crippen MR) is 91.2 cm³/mol. The SMILES string of the molecule is COCCOCCOCCCOCCOCC(O)c1ccccc1. The van der Waals surface area contributed by atoms with E-state index < -0.39 is 6.10 Å². The van der Waals surface area contributed by atoms with E-state index in [0.717, 1.165) is 12.0 Å². The summed E-state index contributed by atoms with van der Waals surface area (Å²) in [5, 5.41) is 9.91. The maximum absolute atomic E-state index is 9.91. The van der Waals surface area contributed by atoms with Gasteiger partial charge < -0.3 is 28.8 Å². The minimum atomic E-state index is -0.592. The van der Waals surface area contributed by atoms with Gasteiger partial charge in [0.25, 0.3) is 0 Å². The van der Waals surface area contributed by atoms with Crippen molar-refractivity contribution >= 4 is 0 Å². The first-order valence-corrected chi connectivity index (χ1v) is 8.37. The molecule has 0 radical (unpaired) electrons. The van der Waals surface area contributed by atoms with Crippen molar-refractivity contribution in [2.24, 2.45) is 0 Å². The molecule has 6 nitrogen and oxygen atoms in total. The van der Waals surface area contributed by atoms with Crippen LogP contribution in [-0.2, 0) is 23.7 Å². The first-order chi connectivity index (χ1) is 11.8. The topological polar surface area (TPSA) is 66.4 Å². The zero-order valence-corrected chi connectivity index (χ0v) is 14.5. The lowest BCUT2D eigenvalue weighted by Gasteiger charge is -2.11. The number of ether oxygens (including phenoxy) is 5. The smallest absolute Gasteiger partial charge is 0.102 e. The second-order valence-electron chi connectivity index (χ2n) is 5.18. The Labute approximate surface area is 144 Å². The van der Waals surface area contributed by atoms with Crippen LogP contribution in [0.15, 0.2) is 30.3 Å². The molecule has 0 saturated carbocycles. The third kappa shape index (κ3) is 11.5. The van der Waals surface area contributed by atoms with Crippen LogP contribution in [0.1, 0.15) is 18.1 Å². The van der Waals surface area contributed by atoms with Gasteiger partial charge in [-0.1, -0.05) is 30.3 Å². The van der Waals surface area contributed by atoms with Crippen molar-refractivity contribution in [2.45, 2.75) is 12.5 Å². The van der Waals surface area contributed by atoms with Crippen LogP contribution in [0.3, 0.4) is 0 Å². The fourth-order valence-corrected chi connectivity index (χ4v) is 1.91. The highest BCUT2D eigenvalue weighted by Gasteiger charge is 2.06. The molecule has 0 bridgehead atoms. The molecule has 1 aromatic carbocycles. The third-order valence-corrected chi connectivity index (χ3v) is 3.21. The normalized spacial score (nSPS) is 12.4. The molecule has 6 heteroatoms. The maximum Gasteiger partial charge on any atom is 0.102 e. The second kappa shape index (κ2) is 15.5. The number of aliphatic hydroxyl groups excluding tert-OH is 1.